The summed E-state index contributed by atoms with van der Waals surface area (Å²) in [6.07, 6.45) is 6.23. The minimum absolute atomic E-state index is 0.116. The molecule has 0 spiro atoms. The van der Waals surface area contributed by atoms with E-state index >= 15 is 0 Å². The molecule has 2 N–H and O–H groups in total. The highest BCUT2D eigenvalue weighted by Gasteiger charge is 2.32. The van der Waals surface area contributed by atoms with E-state index in [-0.39, 0.29) is 5.54 Å². The van der Waals surface area contributed by atoms with Crippen LogP contribution in [0.4, 0.5) is 0 Å². The molecule has 1 aromatic carbocycles. The molecule has 3 nitrogen and oxygen atoms in total. The van der Waals surface area contributed by atoms with Crippen molar-refractivity contribution >= 4 is 0 Å². The number of nitrogens with zero attached hydrogens (tertiary/aromatic N) is 2. The second-order valence-electron chi connectivity index (χ2n) is 7.04. The molecular formula is C18H29N3. The maximum atomic E-state index is 6.55. The maximum Gasteiger partial charge on any atom is 0.0475 e. The minimum Gasteiger partial charge on any atom is -0.325 e. The number of hydrogen-bond acceptors (Lipinski definition) is 3. The van der Waals surface area contributed by atoms with Crippen molar-refractivity contribution < 1.29 is 0 Å². The fourth-order valence-corrected chi connectivity index (χ4v) is 3.91. The van der Waals surface area contributed by atoms with Gasteiger partial charge in [0.1, 0.15) is 0 Å². The number of hydrogen-bond donors (Lipinski definition) is 1. The van der Waals surface area contributed by atoms with Gasteiger partial charge in [-0.3, -0.25) is 4.90 Å². The molecule has 1 aromatic rings. The number of rotatable bonds is 4. The van der Waals surface area contributed by atoms with Crippen molar-refractivity contribution in [3.63, 3.8) is 0 Å². The summed E-state index contributed by atoms with van der Waals surface area (Å²) in [5.41, 5.74) is 8.11. The second kappa shape index (κ2) is 6.47. The van der Waals surface area contributed by atoms with Gasteiger partial charge in [-0.05, 0) is 31.9 Å². The van der Waals surface area contributed by atoms with Crippen LogP contribution in [0, 0.1) is 0 Å². The van der Waals surface area contributed by atoms with Crippen LogP contribution in [0.5, 0.6) is 0 Å². The first-order valence-corrected chi connectivity index (χ1v) is 8.43. The standard InChI is InChI=1S/C18H29N3/c1-20-13-14-21(12-11-18(19)9-5-6-10-18)17(15-20)16-7-3-2-4-8-16/h2-4,7-8,17H,5-6,9-15,19H2,1H3. The average Bonchev–Trinajstić information content (AvgIpc) is 2.94. The Morgan fingerprint density at radius 3 is 2.57 bits per heavy atom. The van der Waals surface area contributed by atoms with Gasteiger partial charge >= 0.3 is 0 Å². The Bertz CT molecular complexity index is 439. The van der Waals surface area contributed by atoms with Gasteiger partial charge in [0.05, 0.1) is 0 Å². The monoisotopic (exact) mass is 287 g/mol. The molecule has 0 amide bonds. The van der Waals surface area contributed by atoms with Gasteiger partial charge < -0.3 is 10.6 Å². The van der Waals surface area contributed by atoms with E-state index in [0.717, 1.165) is 26.1 Å². The highest BCUT2D eigenvalue weighted by Crippen LogP contribution is 2.32. The summed E-state index contributed by atoms with van der Waals surface area (Å²) in [6, 6.07) is 11.5. The van der Waals surface area contributed by atoms with Crippen LogP contribution in [0.15, 0.2) is 30.3 Å². The van der Waals surface area contributed by atoms with Crippen molar-refractivity contribution in [1.82, 2.24) is 9.80 Å². The van der Waals surface area contributed by atoms with E-state index in [0.29, 0.717) is 6.04 Å². The molecule has 1 heterocycles. The van der Waals surface area contributed by atoms with Crippen molar-refractivity contribution in [1.29, 1.82) is 0 Å². The van der Waals surface area contributed by atoms with E-state index in [1.54, 1.807) is 0 Å². The van der Waals surface area contributed by atoms with Gasteiger partial charge in [0.2, 0.25) is 0 Å². The normalized spacial score (nSPS) is 27.0. The molecule has 0 radical (unpaired) electrons. The van der Waals surface area contributed by atoms with E-state index in [4.69, 9.17) is 5.73 Å². The molecule has 1 unspecified atom stereocenters. The Morgan fingerprint density at radius 1 is 1.14 bits per heavy atom. The minimum atomic E-state index is 0.116. The molecule has 0 aromatic heterocycles. The van der Waals surface area contributed by atoms with E-state index in [1.165, 1.54) is 37.8 Å². The molecule has 2 fully saturated rings. The Morgan fingerprint density at radius 2 is 1.86 bits per heavy atom. The van der Waals surface area contributed by atoms with Gasteiger partial charge in [-0.15, -0.1) is 0 Å². The smallest absolute Gasteiger partial charge is 0.0475 e. The largest absolute Gasteiger partial charge is 0.325 e. The Kier molecular flexibility index (Phi) is 4.63. The van der Waals surface area contributed by atoms with Crippen molar-refractivity contribution in [2.24, 2.45) is 5.73 Å². The van der Waals surface area contributed by atoms with Crippen LogP contribution in [0.1, 0.15) is 43.7 Å². The lowest BCUT2D eigenvalue weighted by Gasteiger charge is -2.41. The highest BCUT2D eigenvalue weighted by atomic mass is 15.3. The van der Waals surface area contributed by atoms with Crippen molar-refractivity contribution in [2.75, 3.05) is 33.2 Å². The van der Waals surface area contributed by atoms with Crippen LogP contribution in [0.25, 0.3) is 0 Å². The molecule has 3 rings (SSSR count). The summed E-state index contributed by atoms with van der Waals surface area (Å²) >= 11 is 0. The summed E-state index contributed by atoms with van der Waals surface area (Å²) in [7, 11) is 2.23. The zero-order valence-corrected chi connectivity index (χ0v) is 13.3. The molecule has 1 saturated carbocycles. The third-order valence-corrected chi connectivity index (χ3v) is 5.37. The lowest BCUT2D eigenvalue weighted by molar-refractivity contribution is 0.0823. The van der Waals surface area contributed by atoms with Crippen LogP contribution in [0.3, 0.4) is 0 Å². The number of piperazine rings is 1. The highest BCUT2D eigenvalue weighted by molar-refractivity contribution is 5.20. The third-order valence-electron chi connectivity index (χ3n) is 5.37. The summed E-state index contributed by atoms with van der Waals surface area (Å²) in [5.74, 6) is 0. The Balaban J connectivity index is 1.66. The van der Waals surface area contributed by atoms with E-state index in [1.807, 2.05) is 0 Å². The van der Waals surface area contributed by atoms with Crippen LogP contribution in [-0.4, -0.2) is 48.6 Å². The Labute approximate surface area is 129 Å². The lowest BCUT2D eigenvalue weighted by atomic mass is 9.93. The first-order valence-electron chi connectivity index (χ1n) is 8.43. The van der Waals surface area contributed by atoms with Crippen LogP contribution in [-0.2, 0) is 0 Å². The molecule has 1 aliphatic carbocycles. The molecule has 116 valence electrons. The lowest BCUT2D eigenvalue weighted by Crippen LogP contribution is -2.49. The van der Waals surface area contributed by atoms with Gasteiger partial charge in [-0.1, -0.05) is 43.2 Å². The summed E-state index contributed by atoms with van der Waals surface area (Å²) in [6.45, 7) is 4.60. The van der Waals surface area contributed by atoms with Gasteiger partial charge in [-0.25, -0.2) is 0 Å². The van der Waals surface area contributed by atoms with Crippen molar-refractivity contribution in [2.45, 2.75) is 43.7 Å². The van der Waals surface area contributed by atoms with Crippen molar-refractivity contribution in [3.8, 4) is 0 Å². The predicted molar refractivity (Wildman–Crippen MR) is 88.3 cm³/mol. The average molecular weight is 287 g/mol. The number of nitrogens with two attached hydrogens (primary N) is 1. The van der Waals surface area contributed by atoms with Gasteiger partial charge in [0.25, 0.3) is 0 Å². The third kappa shape index (κ3) is 3.65. The van der Waals surface area contributed by atoms with Gasteiger partial charge in [0, 0.05) is 37.8 Å². The maximum absolute atomic E-state index is 6.55. The molecule has 21 heavy (non-hydrogen) atoms. The SMILES string of the molecule is CN1CCN(CCC2(N)CCCC2)C(c2ccccc2)C1. The quantitative estimate of drug-likeness (QED) is 0.924. The van der Waals surface area contributed by atoms with E-state index in [9.17, 15) is 0 Å². The van der Waals surface area contributed by atoms with E-state index < -0.39 is 0 Å². The van der Waals surface area contributed by atoms with E-state index in [2.05, 4.69) is 47.2 Å². The zero-order valence-electron chi connectivity index (χ0n) is 13.3. The predicted octanol–water partition coefficient (Wildman–Crippen LogP) is 2.64. The molecule has 1 aliphatic heterocycles. The van der Waals surface area contributed by atoms with Crippen LogP contribution >= 0.6 is 0 Å². The fraction of sp³-hybridized carbons (Fsp3) is 0.667. The topological polar surface area (TPSA) is 32.5 Å². The molecule has 0 bridgehead atoms. The van der Waals surface area contributed by atoms with Gasteiger partial charge in [-0.2, -0.15) is 0 Å². The molecule has 3 heteroatoms. The number of likely N-dealkylation sites (N-methyl/N-ethyl adjacent to an activating group) is 1. The zero-order chi connectivity index (χ0) is 14.7. The molecular weight excluding hydrogens is 258 g/mol. The molecule has 1 atom stereocenters. The first-order chi connectivity index (χ1) is 10.2. The molecule has 2 aliphatic rings. The summed E-state index contributed by atoms with van der Waals surface area (Å²) < 4.78 is 0. The fourth-order valence-electron chi connectivity index (χ4n) is 3.91. The Hall–Kier alpha value is -0.900. The second-order valence-corrected chi connectivity index (χ2v) is 7.04. The summed E-state index contributed by atoms with van der Waals surface area (Å²) in [5, 5.41) is 0. The van der Waals surface area contributed by atoms with Crippen molar-refractivity contribution in [3.05, 3.63) is 35.9 Å². The molecule has 1 saturated heterocycles. The van der Waals surface area contributed by atoms with Gasteiger partial charge in [0.15, 0.2) is 0 Å². The number of benzene rings is 1. The van der Waals surface area contributed by atoms with Crippen LogP contribution in [0.2, 0.25) is 0 Å². The summed E-state index contributed by atoms with van der Waals surface area (Å²) in [4.78, 5) is 5.10. The van der Waals surface area contributed by atoms with Crippen LogP contribution < -0.4 is 5.73 Å². The first kappa shape index (κ1) is 15.0.